The Hall–Kier alpha value is -2.82. The van der Waals surface area contributed by atoms with E-state index in [-0.39, 0.29) is 5.91 Å². The second kappa shape index (κ2) is 12.2. The largest absolute Gasteiger partial charge is 0.497 e. The molecule has 5 heteroatoms. The van der Waals surface area contributed by atoms with Crippen LogP contribution in [0.25, 0.3) is 0 Å². The van der Waals surface area contributed by atoms with Crippen molar-refractivity contribution in [2.45, 2.75) is 6.42 Å². The Morgan fingerprint density at radius 3 is 2.76 bits per heavy atom. The summed E-state index contributed by atoms with van der Waals surface area (Å²) in [7, 11) is 0. The van der Waals surface area contributed by atoms with E-state index in [0.717, 1.165) is 0 Å². The minimum atomic E-state index is -0.312. The first-order valence-corrected chi connectivity index (χ1v) is 6.42. The molecule has 5 nitrogen and oxygen atoms in total. The van der Waals surface area contributed by atoms with Gasteiger partial charge in [0.05, 0.1) is 6.26 Å². The highest BCUT2D eigenvalue weighted by atomic mass is 16.5. The molecule has 1 rings (SSSR count). The van der Waals surface area contributed by atoms with Gasteiger partial charge in [0, 0.05) is 43.5 Å². The fourth-order valence-corrected chi connectivity index (χ4v) is 1.13. The van der Waals surface area contributed by atoms with Crippen LogP contribution in [0.3, 0.4) is 0 Å². The van der Waals surface area contributed by atoms with Crippen molar-refractivity contribution in [2.75, 3.05) is 6.61 Å². The molecule has 108 valence electrons. The van der Waals surface area contributed by atoms with Gasteiger partial charge in [-0.15, -0.1) is 0 Å². The van der Waals surface area contributed by atoms with Crippen LogP contribution in [0.15, 0.2) is 76.2 Å². The SMILES string of the molecule is O=C1/C=C\CO\C=C/C=C\C=N/C=C\C=N/C=C\CC=N1. The molecule has 1 aliphatic heterocycles. The summed E-state index contributed by atoms with van der Waals surface area (Å²) in [4.78, 5) is 23.1. The average molecular weight is 283 g/mol. The van der Waals surface area contributed by atoms with Gasteiger partial charge in [0.25, 0.3) is 5.91 Å². The van der Waals surface area contributed by atoms with E-state index < -0.39 is 0 Å². The van der Waals surface area contributed by atoms with Crippen molar-refractivity contribution in [2.24, 2.45) is 15.0 Å². The predicted molar refractivity (Wildman–Crippen MR) is 86.8 cm³/mol. The van der Waals surface area contributed by atoms with E-state index in [1.165, 1.54) is 18.6 Å². The first-order chi connectivity index (χ1) is 10.4. The lowest BCUT2D eigenvalue weighted by atomic mass is 10.4. The number of hydrogen-bond acceptors (Lipinski definition) is 4. The third kappa shape index (κ3) is 10.8. The molecule has 0 aromatic carbocycles. The summed E-state index contributed by atoms with van der Waals surface area (Å²) in [6.45, 7) is 0.317. The first kappa shape index (κ1) is 16.2. The highest BCUT2D eigenvalue weighted by Gasteiger charge is 1.87. The maximum absolute atomic E-state index is 11.3. The number of aliphatic imine (C=N–C) groups is 3. The van der Waals surface area contributed by atoms with Gasteiger partial charge in [-0.1, -0.05) is 12.2 Å². The lowest BCUT2D eigenvalue weighted by Crippen LogP contribution is -1.89. The molecule has 0 atom stereocenters. The van der Waals surface area contributed by atoms with Crippen LogP contribution in [0.5, 0.6) is 0 Å². The molecule has 0 unspecified atom stereocenters. The van der Waals surface area contributed by atoms with Crippen LogP contribution in [0.4, 0.5) is 0 Å². The van der Waals surface area contributed by atoms with Gasteiger partial charge >= 0.3 is 0 Å². The van der Waals surface area contributed by atoms with E-state index in [1.54, 1.807) is 61.3 Å². The molecule has 21 heavy (non-hydrogen) atoms. The maximum Gasteiger partial charge on any atom is 0.269 e. The van der Waals surface area contributed by atoms with Crippen LogP contribution in [0.1, 0.15) is 6.42 Å². The van der Waals surface area contributed by atoms with Crippen LogP contribution >= 0.6 is 0 Å². The van der Waals surface area contributed by atoms with Crippen LogP contribution in [0.2, 0.25) is 0 Å². The van der Waals surface area contributed by atoms with Gasteiger partial charge in [-0.2, -0.15) is 0 Å². The van der Waals surface area contributed by atoms with Crippen LogP contribution in [0, 0.1) is 0 Å². The van der Waals surface area contributed by atoms with E-state index in [0.29, 0.717) is 13.0 Å². The monoisotopic (exact) mass is 283 g/mol. The van der Waals surface area contributed by atoms with Gasteiger partial charge in [-0.3, -0.25) is 14.8 Å². The van der Waals surface area contributed by atoms with Gasteiger partial charge in [-0.25, -0.2) is 4.99 Å². The molecule has 1 amide bonds. The van der Waals surface area contributed by atoms with Crippen molar-refractivity contribution in [3.63, 3.8) is 0 Å². The minimum absolute atomic E-state index is 0.312. The second-order valence-corrected chi connectivity index (χ2v) is 3.66. The molecule has 0 N–H and O–H groups in total. The summed E-state index contributed by atoms with van der Waals surface area (Å²) in [5.41, 5.74) is 0. The van der Waals surface area contributed by atoms with Gasteiger partial charge < -0.3 is 4.74 Å². The minimum Gasteiger partial charge on any atom is -0.497 e. The molecule has 0 saturated heterocycles. The van der Waals surface area contributed by atoms with Gasteiger partial charge in [0.15, 0.2) is 0 Å². The van der Waals surface area contributed by atoms with Crippen molar-refractivity contribution in [3.8, 4) is 0 Å². The highest BCUT2D eigenvalue weighted by molar-refractivity contribution is 5.93. The molecular weight excluding hydrogens is 266 g/mol. The fourth-order valence-electron chi connectivity index (χ4n) is 1.13. The summed E-state index contributed by atoms with van der Waals surface area (Å²) in [6.07, 6.45) is 21.9. The van der Waals surface area contributed by atoms with Crippen molar-refractivity contribution >= 4 is 24.6 Å². The molecule has 1 aliphatic rings. The lowest BCUT2D eigenvalue weighted by molar-refractivity contribution is -0.113. The molecule has 0 radical (unpaired) electrons. The van der Waals surface area contributed by atoms with E-state index >= 15 is 0 Å². The predicted octanol–water partition coefficient (Wildman–Crippen LogP) is 2.80. The van der Waals surface area contributed by atoms with Gasteiger partial charge in [0.1, 0.15) is 6.61 Å². The summed E-state index contributed by atoms with van der Waals surface area (Å²) >= 11 is 0. The zero-order valence-electron chi connectivity index (χ0n) is 11.6. The Balaban J connectivity index is 2.61. The Bertz CT molecular complexity index is 536. The quantitative estimate of drug-likeness (QED) is 0.686. The molecule has 0 bridgehead atoms. The standard InChI is InChI=1S/C16H17N3O2/c20-16-8-6-15-21-14-5-1-2-9-17-11-7-12-18-10-3-4-13-19-16/h1-3,5-14H,4,15H2/b2-1-,8-6-,10-3-,11-7-,14-5-,17-9-,18-12-,19-13?. The highest BCUT2D eigenvalue weighted by Crippen LogP contribution is 1.86. The molecule has 0 aromatic rings. The molecular formula is C16H17N3O2. The normalized spacial score (nSPS) is 27.7. The number of ether oxygens (including phenoxy) is 1. The zero-order chi connectivity index (χ0) is 15.0. The summed E-state index contributed by atoms with van der Waals surface area (Å²) in [5.74, 6) is -0.312. The topological polar surface area (TPSA) is 63.4 Å². The van der Waals surface area contributed by atoms with Crippen molar-refractivity contribution in [1.29, 1.82) is 0 Å². The number of nitrogens with zero attached hydrogens (tertiary/aromatic N) is 3. The molecule has 0 spiro atoms. The van der Waals surface area contributed by atoms with E-state index in [9.17, 15) is 4.79 Å². The molecule has 0 fully saturated rings. The Labute approximate surface area is 124 Å². The van der Waals surface area contributed by atoms with Crippen LogP contribution < -0.4 is 0 Å². The van der Waals surface area contributed by atoms with E-state index in [2.05, 4.69) is 15.0 Å². The molecule has 1 heterocycles. The number of carbonyl (C=O) groups is 1. The summed E-state index contributed by atoms with van der Waals surface area (Å²) in [5, 5.41) is 0. The van der Waals surface area contributed by atoms with Gasteiger partial charge in [0.2, 0.25) is 0 Å². The number of amides is 1. The average Bonchev–Trinajstić information content (AvgIpc) is 2.48. The van der Waals surface area contributed by atoms with Crippen molar-refractivity contribution in [3.05, 3.63) is 61.2 Å². The summed E-state index contributed by atoms with van der Waals surface area (Å²) < 4.78 is 5.15. The molecule has 0 aliphatic carbocycles. The zero-order valence-corrected chi connectivity index (χ0v) is 11.6. The molecule has 0 saturated carbocycles. The summed E-state index contributed by atoms with van der Waals surface area (Å²) in [6, 6.07) is 0. The van der Waals surface area contributed by atoms with Crippen LogP contribution in [-0.2, 0) is 9.53 Å². The first-order valence-electron chi connectivity index (χ1n) is 6.42. The van der Waals surface area contributed by atoms with Crippen molar-refractivity contribution in [1.82, 2.24) is 0 Å². The van der Waals surface area contributed by atoms with E-state index in [4.69, 9.17) is 4.74 Å². The van der Waals surface area contributed by atoms with Crippen molar-refractivity contribution < 1.29 is 9.53 Å². The second-order valence-electron chi connectivity index (χ2n) is 3.66. The smallest absolute Gasteiger partial charge is 0.269 e. The number of allylic oxidation sites excluding steroid dienone is 5. The number of rotatable bonds is 0. The fraction of sp³-hybridized carbons (Fsp3) is 0.125. The van der Waals surface area contributed by atoms with Crippen LogP contribution in [-0.4, -0.2) is 31.2 Å². The molecule has 0 aromatic heterocycles. The third-order valence-corrected chi connectivity index (χ3v) is 2.02. The third-order valence-electron chi connectivity index (χ3n) is 2.02. The lowest BCUT2D eigenvalue weighted by Gasteiger charge is -1.91. The number of hydrogen-bond donors (Lipinski definition) is 0. The Kier molecular flexibility index (Phi) is 9.45. The van der Waals surface area contributed by atoms with Gasteiger partial charge in [-0.05, 0) is 24.3 Å². The van der Waals surface area contributed by atoms with E-state index in [1.807, 2.05) is 0 Å². The number of carbonyl (C=O) groups excluding carboxylic acids is 1. The maximum atomic E-state index is 11.3. The Morgan fingerprint density at radius 2 is 1.81 bits per heavy atom. The Morgan fingerprint density at radius 1 is 0.952 bits per heavy atom.